The number of hydrogen-bond donors (Lipinski definition) is 1. The summed E-state index contributed by atoms with van der Waals surface area (Å²) in [4.78, 5) is 24.4. The Morgan fingerprint density at radius 1 is 1.38 bits per heavy atom. The summed E-state index contributed by atoms with van der Waals surface area (Å²) < 4.78 is 4.99. The van der Waals surface area contributed by atoms with E-state index in [1.54, 1.807) is 31.4 Å². The molecule has 1 N–H and O–H groups in total. The molecule has 1 aromatic rings. The zero-order chi connectivity index (χ0) is 11.5. The fraction of sp³-hybridized carbons (Fsp3) is 0.273. The van der Waals surface area contributed by atoms with Crippen LogP contribution in [0.25, 0.3) is 0 Å². The van der Waals surface area contributed by atoms with Gasteiger partial charge >= 0.3 is 6.03 Å². The molecule has 1 fully saturated rings. The van der Waals surface area contributed by atoms with Gasteiger partial charge in [-0.15, -0.1) is 0 Å². The van der Waals surface area contributed by atoms with Gasteiger partial charge in [0.05, 0.1) is 7.11 Å². The summed E-state index contributed by atoms with van der Waals surface area (Å²) in [5, 5.41) is 2.58. The van der Waals surface area contributed by atoms with E-state index in [2.05, 4.69) is 5.32 Å². The number of hydrogen-bond acceptors (Lipinski definition) is 3. The Labute approximate surface area is 93.0 Å². The van der Waals surface area contributed by atoms with Gasteiger partial charge in [0.25, 0.3) is 5.91 Å². The van der Waals surface area contributed by atoms with Crippen LogP contribution in [0.4, 0.5) is 4.79 Å². The standard InChI is InChI=1S/C11H12N2O3/c1-16-9-4-2-8(3-5-9)10(14)13-7-6-12-11(13)15/h2-5H,6-7H2,1H3,(H,12,15). The van der Waals surface area contributed by atoms with Crippen molar-refractivity contribution in [2.45, 2.75) is 0 Å². The smallest absolute Gasteiger partial charge is 0.324 e. The lowest BCUT2D eigenvalue weighted by Crippen LogP contribution is -2.34. The van der Waals surface area contributed by atoms with Gasteiger partial charge in [-0.3, -0.25) is 9.69 Å². The van der Waals surface area contributed by atoms with Gasteiger partial charge in [0.1, 0.15) is 5.75 Å². The Balaban J connectivity index is 2.17. The van der Waals surface area contributed by atoms with Gasteiger partial charge < -0.3 is 10.1 Å². The molecule has 0 radical (unpaired) electrons. The normalized spacial score (nSPS) is 14.8. The van der Waals surface area contributed by atoms with Crippen LogP contribution in [0.5, 0.6) is 5.75 Å². The second-order valence-corrected chi connectivity index (χ2v) is 3.42. The summed E-state index contributed by atoms with van der Waals surface area (Å²) >= 11 is 0. The second kappa shape index (κ2) is 4.22. The summed E-state index contributed by atoms with van der Waals surface area (Å²) in [6.45, 7) is 0.935. The minimum atomic E-state index is -0.333. The summed E-state index contributed by atoms with van der Waals surface area (Å²) in [5.41, 5.74) is 0.484. The predicted molar refractivity (Wildman–Crippen MR) is 57.4 cm³/mol. The van der Waals surface area contributed by atoms with Crippen LogP contribution in [-0.4, -0.2) is 37.0 Å². The van der Waals surface area contributed by atoms with Gasteiger partial charge in [-0.25, -0.2) is 4.79 Å². The van der Waals surface area contributed by atoms with Gasteiger partial charge in [-0.05, 0) is 24.3 Å². The van der Waals surface area contributed by atoms with E-state index >= 15 is 0 Å². The van der Waals surface area contributed by atoms with E-state index in [1.807, 2.05) is 0 Å². The Bertz CT molecular complexity index is 414. The molecule has 0 saturated carbocycles. The summed E-state index contributed by atoms with van der Waals surface area (Å²) in [6, 6.07) is 6.35. The first-order chi connectivity index (χ1) is 7.72. The lowest BCUT2D eigenvalue weighted by molar-refractivity contribution is 0.0829. The summed E-state index contributed by atoms with van der Waals surface area (Å²) in [6.07, 6.45) is 0. The number of ether oxygens (including phenoxy) is 1. The average Bonchev–Trinajstić information content (AvgIpc) is 2.75. The molecule has 16 heavy (non-hydrogen) atoms. The Hall–Kier alpha value is -2.04. The zero-order valence-electron chi connectivity index (χ0n) is 8.90. The van der Waals surface area contributed by atoms with Crippen LogP contribution in [-0.2, 0) is 0 Å². The lowest BCUT2D eigenvalue weighted by Gasteiger charge is -2.12. The lowest BCUT2D eigenvalue weighted by atomic mass is 10.2. The largest absolute Gasteiger partial charge is 0.497 e. The van der Waals surface area contributed by atoms with Crippen molar-refractivity contribution in [1.29, 1.82) is 0 Å². The van der Waals surface area contributed by atoms with Gasteiger partial charge in [-0.2, -0.15) is 0 Å². The van der Waals surface area contributed by atoms with E-state index in [0.29, 0.717) is 24.4 Å². The first kappa shape index (κ1) is 10.5. The number of nitrogens with one attached hydrogen (secondary N) is 1. The van der Waals surface area contributed by atoms with Crippen molar-refractivity contribution in [2.24, 2.45) is 0 Å². The highest BCUT2D eigenvalue weighted by Gasteiger charge is 2.26. The highest BCUT2D eigenvalue weighted by molar-refractivity contribution is 6.05. The van der Waals surface area contributed by atoms with Crippen molar-refractivity contribution < 1.29 is 14.3 Å². The molecule has 0 spiro atoms. The molecule has 0 aliphatic carbocycles. The number of imide groups is 1. The second-order valence-electron chi connectivity index (χ2n) is 3.42. The molecule has 1 aliphatic rings. The van der Waals surface area contributed by atoms with E-state index in [9.17, 15) is 9.59 Å². The molecule has 0 aromatic heterocycles. The number of benzene rings is 1. The van der Waals surface area contributed by atoms with Gasteiger partial charge in [0.2, 0.25) is 0 Å². The van der Waals surface area contributed by atoms with Crippen LogP contribution in [0, 0.1) is 0 Å². The number of amides is 3. The van der Waals surface area contributed by atoms with Crippen molar-refractivity contribution in [3.8, 4) is 5.75 Å². The highest BCUT2D eigenvalue weighted by atomic mass is 16.5. The Kier molecular flexibility index (Phi) is 2.76. The molecule has 5 nitrogen and oxygen atoms in total. The van der Waals surface area contributed by atoms with E-state index in [0.717, 1.165) is 0 Å². The number of carbonyl (C=O) groups is 2. The quantitative estimate of drug-likeness (QED) is 0.804. The van der Waals surface area contributed by atoms with E-state index in [-0.39, 0.29) is 11.9 Å². The van der Waals surface area contributed by atoms with Gasteiger partial charge in [-0.1, -0.05) is 0 Å². The Morgan fingerprint density at radius 3 is 2.56 bits per heavy atom. The van der Waals surface area contributed by atoms with Crippen molar-refractivity contribution in [3.05, 3.63) is 29.8 Å². The molecule has 1 saturated heterocycles. The van der Waals surface area contributed by atoms with Gasteiger partial charge in [0, 0.05) is 18.7 Å². The van der Waals surface area contributed by atoms with Crippen molar-refractivity contribution >= 4 is 11.9 Å². The van der Waals surface area contributed by atoms with E-state index in [4.69, 9.17) is 4.74 Å². The molecule has 0 bridgehead atoms. The number of nitrogens with zero attached hydrogens (tertiary/aromatic N) is 1. The summed E-state index contributed by atoms with van der Waals surface area (Å²) in [7, 11) is 1.56. The average molecular weight is 220 g/mol. The minimum Gasteiger partial charge on any atom is -0.497 e. The molecular weight excluding hydrogens is 208 g/mol. The monoisotopic (exact) mass is 220 g/mol. The third-order valence-corrected chi connectivity index (χ3v) is 2.44. The Morgan fingerprint density at radius 2 is 2.06 bits per heavy atom. The van der Waals surface area contributed by atoms with Crippen LogP contribution < -0.4 is 10.1 Å². The molecule has 5 heteroatoms. The fourth-order valence-electron chi connectivity index (χ4n) is 1.55. The zero-order valence-corrected chi connectivity index (χ0v) is 8.90. The van der Waals surface area contributed by atoms with E-state index < -0.39 is 0 Å². The third kappa shape index (κ3) is 1.84. The van der Waals surface area contributed by atoms with Crippen molar-refractivity contribution in [1.82, 2.24) is 10.2 Å². The molecule has 0 atom stereocenters. The maximum absolute atomic E-state index is 11.9. The van der Waals surface area contributed by atoms with Crippen LogP contribution >= 0.6 is 0 Å². The maximum atomic E-state index is 11.9. The predicted octanol–water partition coefficient (Wildman–Crippen LogP) is 0.861. The molecule has 84 valence electrons. The molecular formula is C11H12N2O3. The fourth-order valence-corrected chi connectivity index (χ4v) is 1.55. The summed E-state index contributed by atoms with van der Waals surface area (Å²) in [5.74, 6) is 0.403. The molecule has 3 amide bonds. The molecule has 0 unspecified atom stereocenters. The van der Waals surface area contributed by atoms with Crippen LogP contribution in [0.15, 0.2) is 24.3 Å². The molecule has 1 aliphatic heterocycles. The first-order valence-corrected chi connectivity index (χ1v) is 4.96. The highest BCUT2D eigenvalue weighted by Crippen LogP contribution is 2.13. The number of urea groups is 1. The minimum absolute atomic E-state index is 0.280. The SMILES string of the molecule is COc1ccc(C(=O)N2CCNC2=O)cc1. The number of methoxy groups -OCH3 is 1. The third-order valence-electron chi connectivity index (χ3n) is 2.44. The molecule has 2 rings (SSSR count). The van der Waals surface area contributed by atoms with Crippen LogP contribution in [0.2, 0.25) is 0 Å². The first-order valence-electron chi connectivity index (χ1n) is 4.96. The number of rotatable bonds is 2. The topological polar surface area (TPSA) is 58.6 Å². The van der Waals surface area contributed by atoms with Crippen molar-refractivity contribution in [3.63, 3.8) is 0 Å². The van der Waals surface area contributed by atoms with Crippen molar-refractivity contribution in [2.75, 3.05) is 20.2 Å². The molecule has 1 heterocycles. The van der Waals surface area contributed by atoms with Crippen LogP contribution in [0.3, 0.4) is 0 Å². The number of carbonyl (C=O) groups excluding carboxylic acids is 2. The van der Waals surface area contributed by atoms with Crippen LogP contribution in [0.1, 0.15) is 10.4 Å². The molecule has 1 aromatic carbocycles. The maximum Gasteiger partial charge on any atom is 0.324 e. The van der Waals surface area contributed by atoms with E-state index in [1.165, 1.54) is 4.90 Å². The van der Waals surface area contributed by atoms with Gasteiger partial charge in [0.15, 0.2) is 0 Å².